The van der Waals surface area contributed by atoms with E-state index in [1.807, 2.05) is 25.1 Å². The second-order valence-electron chi connectivity index (χ2n) is 4.51. The number of rotatable bonds is 3. The maximum Gasteiger partial charge on any atom is 0.133 e. The summed E-state index contributed by atoms with van der Waals surface area (Å²) >= 11 is 0. The maximum absolute atomic E-state index is 5.57. The number of aryl methyl sites for hydroxylation is 1. The van der Waals surface area contributed by atoms with Gasteiger partial charge in [0, 0.05) is 23.6 Å². The van der Waals surface area contributed by atoms with Crippen molar-refractivity contribution in [2.24, 2.45) is 5.73 Å². The summed E-state index contributed by atoms with van der Waals surface area (Å²) in [4.78, 5) is 9.05. The van der Waals surface area contributed by atoms with Gasteiger partial charge in [0.1, 0.15) is 5.58 Å². The maximum atomic E-state index is 5.57. The molecule has 0 saturated carbocycles. The molecule has 2 N–H and O–H groups in total. The van der Waals surface area contributed by atoms with Gasteiger partial charge in [-0.2, -0.15) is 0 Å². The van der Waals surface area contributed by atoms with Crippen LogP contribution in [0.1, 0.15) is 11.4 Å². The van der Waals surface area contributed by atoms with Gasteiger partial charge < -0.3 is 10.2 Å². The van der Waals surface area contributed by atoms with Gasteiger partial charge in [-0.05, 0) is 37.7 Å². The highest BCUT2D eigenvalue weighted by molar-refractivity contribution is 5.83. The summed E-state index contributed by atoms with van der Waals surface area (Å²) in [7, 11) is 0. The zero-order chi connectivity index (χ0) is 13.2. The van der Waals surface area contributed by atoms with E-state index in [1.165, 1.54) is 0 Å². The van der Waals surface area contributed by atoms with Gasteiger partial charge in [-0.1, -0.05) is 0 Å². The lowest BCUT2D eigenvalue weighted by atomic mass is 10.1. The third kappa shape index (κ3) is 2.22. The van der Waals surface area contributed by atoms with Gasteiger partial charge in [0.15, 0.2) is 0 Å². The molecule has 3 rings (SSSR count). The normalized spacial score (nSPS) is 11.1. The lowest BCUT2D eigenvalue weighted by Gasteiger charge is -2.07. The molecule has 3 aromatic rings. The first-order valence-electron chi connectivity index (χ1n) is 6.28. The van der Waals surface area contributed by atoms with E-state index in [2.05, 4.69) is 16.0 Å². The summed E-state index contributed by atoms with van der Waals surface area (Å²) in [5.41, 5.74) is 10.3. The van der Waals surface area contributed by atoms with Gasteiger partial charge in [0.25, 0.3) is 0 Å². The first kappa shape index (κ1) is 11.9. The van der Waals surface area contributed by atoms with E-state index in [-0.39, 0.29) is 0 Å². The van der Waals surface area contributed by atoms with E-state index < -0.39 is 0 Å². The van der Waals surface area contributed by atoms with Crippen molar-refractivity contribution in [3.63, 3.8) is 0 Å². The summed E-state index contributed by atoms with van der Waals surface area (Å²) in [5.74, 6) is 0. The zero-order valence-electron chi connectivity index (χ0n) is 10.8. The van der Waals surface area contributed by atoms with Crippen LogP contribution in [0.3, 0.4) is 0 Å². The first-order chi connectivity index (χ1) is 9.28. The molecule has 0 radical (unpaired) electrons. The molecule has 1 aromatic carbocycles. The van der Waals surface area contributed by atoms with Crippen molar-refractivity contribution in [2.45, 2.75) is 13.3 Å². The Labute approximate surface area is 111 Å². The Kier molecular flexibility index (Phi) is 3.01. The van der Waals surface area contributed by atoms with Crippen LogP contribution in [-0.2, 0) is 6.42 Å². The van der Waals surface area contributed by atoms with Crippen LogP contribution in [0.15, 0.2) is 41.1 Å². The predicted molar refractivity (Wildman–Crippen MR) is 74.7 cm³/mol. The standard InChI is InChI=1S/C15H15N3O/c1-10-15(18-13(4-6-16)9-17-10)12-2-3-14-11(8-12)5-7-19-14/h2-3,5,7-9H,4,6,16H2,1H3. The van der Waals surface area contributed by atoms with E-state index >= 15 is 0 Å². The molecule has 4 heteroatoms. The number of benzene rings is 1. The highest BCUT2D eigenvalue weighted by Crippen LogP contribution is 2.25. The Morgan fingerprint density at radius 3 is 3.00 bits per heavy atom. The van der Waals surface area contributed by atoms with Crippen molar-refractivity contribution in [1.29, 1.82) is 0 Å². The summed E-state index contributed by atoms with van der Waals surface area (Å²) in [5, 5.41) is 1.07. The monoisotopic (exact) mass is 253 g/mol. The van der Waals surface area contributed by atoms with Gasteiger partial charge in [-0.3, -0.25) is 4.98 Å². The Balaban J connectivity index is 2.11. The quantitative estimate of drug-likeness (QED) is 0.779. The number of aromatic nitrogens is 2. The van der Waals surface area contributed by atoms with Gasteiger partial charge in [0.05, 0.1) is 23.3 Å². The van der Waals surface area contributed by atoms with E-state index in [0.717, 1.165) is 40.0 Å². The SMILES string of the molecule is Cc1ncc(CCN)nc1-c1ccc2occc2c1. The Bertz CT molecular complexity index is 718. The molecule has 0 aliphatic carbocycles. The average Bonchev–Trinajstić information content (AvgIpc) is 2.88. The fourth-order valence-corrected chi connectivity index (χ4v) is 2.14. The highest BCUT2D eigenvalue weighted by Gasteiger charge is 2.08. The molecule has 0 atom stereocenters. The molecule has 0 amide bonds. The topological polar surface area (TPSA) is 64.9 Å². The van der Waals surface area contributed by atoms with Crippen LogP contribution in [0, 0.1) is 6.92 Å². The number of hydrogen-bond donors (Lipinski definition) is 1. The molecule has 4 nitrogen and oxygen atoms in total. The predicted octanol–water partition coefficient (Wildman–Crippen LogP) is 2.70. The van der Waals surface area contributed by atoms with Gasteiger partial charge in [-0.25, -0.2) is 4.98 Å². The first-order valence-corrected chi connectivity index (χ1v) is 6.28. The van der Waals surface area contributed by atoms with Crippen molar-refractivity contribution in [3.05, 3.63) is 48.1 Å². The molecule has 96 valence electrons. The molecule has 0 aliphatic rings. The van der Waals surface area contributed by atoms with Crippen LogP contribution < -0.4 is 5.73 Å². The van der Waals surface area contributed by atoms with Crippen LogP contribution in [0.5, 0.6) is 0 Å². The van der Waals surface area contributed by atoms with Crippen molar-refractivity contribution >= 4 is 11.0 Å². The van der Waals surface area contributed by atoms with Gasteiger partial charge in [0.2, 0.25) is 0 Å². The minimum atomic E-state index is 0.581. The zero-order valence-corrected chi connectivity index (χ0v) is 10.8. The van der Waals surface area contributed by atoms with E-state index in [1.54, 1.807) is 12.5 Å². The number of fused-ring (bicyclic) bond motifs is 1. The van der Waals surface area contributed by atoms with Crippen molar-refractivity contribution < 1.29 is 4.42 Å². The number of nitrogens with zero attached hydrogens (tertiary/aromatic N) is 2. The summed E-state index contributed by atoms with van der Waals surface area (Å²) in [6, 6.07) is 7.99. The second-order valence-corrected chi connectivity index (χ2v) is 4.51. The summed E-state index contributed by atoms with van der Waals surface area (Å²) in [6.07, 6.45) is 4.23. The smallest absolute Gasteiger partial charge is 0.133 e. The second kappa shape index (κ2) is 4.82. The molecule has 0 bridgehead atoms. The highest BCUT2D eigenvalue weighted by atomic mass is 16.3. The van der Waals surface area contributed by atoms with Crippen LogP contribution in [-0.4, -0.2) is 16.5 Å². The van der Waals surface area contributed by atoms with E-state index in [4.69, 9.17) is 10.2 Å². The molecule has 0 fully saturated rings. The van der Waals surface area contributed by atoms with Crippen molar-refractivity contribution in [2.75, 3.05) is 6.54 Å². The Morgan fingerprint density at radius 2 is 2.16 bits per heavy atom. The molecule has 2 heterocycles. The molecule has 0 unspecified atom stereocenters. The molecule has 2 aromatic heterocycles. The van der Waals surface area contributed by atoms with Crippen molar-refractivity contribution in [3.8, 4) is 11.3 Å². The third-order valence-corrected chi connectivity index (χ3v) is 3.13. The van der Waals surface area contributed by atoms with Gasteiger partial charge >= 0.3 is 0 Å². The Morgan fingerprint density at radius 1 is 1.26 bits per heavy atom. The number of furan rings is 1. The largest absolute Gasteiger partial charge is 0.464 e. The molecular formula is C15H15N3O. The Hall–Kier alpha value is -2.20. The molecular weight excluding hydrogens is 238 g/mol. The van der Waals surface area contributed by atoms with Crippen LogP contribution in [0.25, 0.3) is 22.2 Å². The molecule has 19 heavy (non-hydrogen) atoms. The third-order valence-electron chi connectivity index (χ3n) is 3.13. The lowest BCUT2D eigenvalue weighted by Crippen LogP contribution is -2.06. The molecule has 0 aliphatic heterocycles. The van der Waals surface area contributed by atoms with E-state index in [0.29, 0.717) is 6.54 Å². The number of hydrogen-bond acceptors (Lipinski definition) is 4. The van der Waals surface area contributed by atoms with E-state index in [9.17, 15) is 0 Å². The fourth-order valence-electron chi connectivity index (χ4n) is 2.14. The van der Waals surface area contributed by atoms with Crippen LogP contribution in [0.4, 0.5) is 0 Å². The van der Waals surface area contributed by atoms with Crippen LogP contribution in [0.2, 0.25) is 0 Å². The molecule has 0 saturated heterocycles. The minimum absolute atomic E-state index is 0.581. The van der Waals surface area contributed by atoms with Gasteiger partial charge in [-0.15, -0.1) is 0 Å². The summed E-state index contributed by atoms with van der Waals surface area (Å²) in [6.45, 7) is 2.55. The minimum Gasteiger partial charge on any atom is -0.464 e. The van der Waals surface area contributed by atoms with Crippen LogP contribution >= 0.6 is 0 Å². The molecule has 0 spiro atoms. The number of nitrogens with two attached hydrogens (primary N) is 1. The summed E-state index contributed by atoms with van der Waals surface area (Å²) < 4.78 is 5.35. The van der Waals surface area contributed by atoms with Crippen molar-refractivity contribution in [1.82, 2.24) is 9.97 Å². The lowest BCUT2D eigenvalue weighted by molar-refractivity contribution is 0.616. The average molecular weight is 253 g/mol. The fraction of sp³-hybridized carbons (Fsp3) is 0.200.